The van der Waals surface area contributed by atoms with Crippen LogP contribution in [-0.4, -0.2) is 17.1 Å². The third-order valence-corrected chi connectivity index (χ3v) is 13.6. The first-order valence-electron chi connectivity index (χ1n) is 13.9. The van der Waals surface area contributed by atoms with Gasteiger partial charge < -0.3 is 10.8 Å². The monoisotopic (exact) mass is 455 g/mol. The lowest BCUT2D eigenvalue weighted by atomic mass is 9.32. The van der Waals surface area contributed by atoms with Crippen molar-refractivity contribution in [1.82, 2.24) is 0 Å². The normalized spacial score (nSPS) is 55.0. The fourth-order valence-corrected chi connectivity index (χ4v) is 11.5. The van der Waals surface area contributed by atoms with E-state index in [4.69, 9.17) is 5.73 Å². The first-order valence-corrected chi connectivity index (χ1v) is 13.9. The summed E-state index contributed by atoms with van der Waals surface area (Å²) in [5.41, 5.74) is 8.45. The van der Waals surface area contributed by atoms with Crippen molar-refractivity contribution < 1.29 is 9.90 Å². The van der Waals surface area contributed by atoms with Gasteiger partial charge in [-0.15, -0.1) is 0 Å². The van der Waals surface area contributed by atoms with Crippen LogP contribution in [0, 0.1) is 56.7 Å². The zero-order valence-corrected chi connectivity index (χ0v) is 22.2. The number of hydrogen-bond acceptors (Lipinski definition) is 2. The molecule has 3 heteroatoms. The van der Waals surface area contributed by atoms with E-state index in [1.807, 2.05) is 0 Å². The van der Waals surface area contributed by atoms with E-state index in [-0.39, 0.29) is 22.2 Å². The first-order chi connectivity index (χ1) is 15.3. The molecule has 33 heavy (non-hydrogen) atoms. The second kappa shape index (κ2) is 7.11. The van der Waals surface area contributed by atoms with Gasteiger partial charge in [0.15, 0.2) is 0 Å². The first kappa shape index (κ1) is 23.9. The summed E-state index contributed by atoms with van der Waals surface area (Å²) in [6.07, 6.45) is 11.3. The Hall–Kier alpha value is -0.830. The number of carboxylic acids is 1. The van der Waals surface area contributed by atoms with Crippen LogP contribution >= 0.6 is 0 Å². The van der Waals surface area contributed by atoms with Crippen molar-refractivity contribution in [3.05, 3.63) is 12.2 Å². The predicted octanol–water partition coefficient (Wildman–Crippen LogP) is 7.06. The van der Waals surface area contributed by atoms with Gasteiger partial charge in [0, 0.05) is 6.04 Å². The second-order valence-electron chi connectivity index (χ2n) is 14.6. The SMILES string of the molecule is C=C(C)[C@@H]1CC[C@]2(C(=O)O)CC[C@]3(C)[C@H](CC[C@@H]4[C@@]5(C)CC[C@H](N)C(C)(C)[C@@H]5CC[C@]43C)C12. The molecular weight excluding hydrogens is 406 g/mol. The fourth-order valence-electron chi connectivity index (χ4n) is 11.5. The minimum Gasteiger partial charge on any atom is -0.481 e. The molecule has 0 spiro atoms. The Morgan fingerprint density at radius 1 is 0.848 bits per heavy atom. The van der Waals surface area contributed by atoms with Gasteiger partial charge >= 0.3 is 5.97 Å². The lowest BCUT2D eigenvalue weighted by Gasteiger charge is -2.72. The van der Waals surface area contributed by atoms with Crippen LogP contribution in [0.25, 0.3) is 0 Å². The molecule has 5 fully saturated rings. The summed E-state index contributed by atoms with van der Waals surface area (Å²) in [4.78, 5) is 12.8. The zero-order valence-electron chi connectivity index (χ0n) is 22.2. The maximum Gasteiger partial charge on any atom is 0.309 e. The summed E-state index contributed by atoms with van der Waals surface area (Å²) < 4.78 is 0. The van der Waals surface area contributed by atoms with Gasteiger partial charge in [-0.05, 0) is 122 Å². The third-order valence-electron chi connectivity index (χ3n) is 13.6. The van der Waals surface area contributed by atoms with E-state index >= 15 is 0 Å². The summed E-state index contributed by atoms with van der Waals surface area (Å²) >= 11 is 0. The highest BCUT2D eigenvalue weighted by molar-refractivity contribution is 5.76. The Morgan fingerprint density at radius 2 is 1.55 bits per heavy atom. The molecule has 10 atom stereocenters. The van der Waals surface area contributed by atoms with E-state index in [1.165, 1.54) is 37.7 Å². The molecular formula is C30H49NO2. The van der Waals surface area contributed by atoms with Gasteiger partial charge in [0.25, 0.3) is 0 Å². The molecule has 0 heterocycles. The van der Waals surface area contributed by atoms with Crippen LogP contribution in [0.3, 0.4) is 0 Å². The minimum absolute atomic E-state index is 0.202. The highest BCUT2D eigenvalue weighted by atomic mass is 16.4. The van der Waals surface area contributed by atoms with E-state index in [2.05, 4.69) is 48.1 Å². The highest BCUT2D eigenvalue weighted by Gasteiger charge is 2.71. The molecule has 0 amide bonds. The summed E-state index contributed by atoms with van der Waals surface area (Å²) in [5.74, 6) is 2.05. The number of fused-ring (bicyclic) bond motifs is 7. The van der Waals surface area contributed by atoms with Crippen molar-refractivity contribution in [2.45, 2.75) is 112 Å². The van der Waals surface area contributed by atoms with E-state index < -0.39 is 11.4 Å². The van der Waals surface area contributed by atoms with Gasteiger partial charge in [-0.25, -0.2) is 0 Å². The van der Waals surface area contributed by atoms with Crippen LogP contribution in [0.1, 0.15) is 106 Å². The van der Waals surface area contributed by atoms with Crippen molar-refractivity contribution in [2.75, 3.05) is 0 Å². The Balaban J connectivity index is 1.57. The molecule has 5 rings (SSSR count). The molecule has 1 unspecified atom stereocenters. The molecule has 0 bridgehead atoms. The second-order valence-corrected chi connectivity index (χ2v) is 14.6. The minimum atomic E-state index is -0.524. The maximum atomic E-state index is 12.8. The molecule has 0 saturated heterocycles. The Labute approximate surface area is 202 Å². The topological polar surface area (TPSA) is 63.3 Å². The molecule has 0 aromatic carbocycles. The van der Waals surface area contributed by atoms with Crippen molar-refractivity contribution in [1.29, 1.82) is 0 Å². The average molecular weight is 456 g/mol. The van der Waals surface area contributed by atoms with Gasteiger partial charge in [0.05, 0.1) is 5.41 Å². The molecule has 5 aliphatic rings. The van der Waals surface area contributed by atoms with E-state index in [0.717, 1.165) is 38.0 Å². The maximum absolute atomic E-state index is 12.8. The highest BCUT2D eigenvalue weighted by Crippen LogP contribution is 2.77. The van der Waals surface area contributed by atoms with Crippen molar-refractivity contribution in [2.24, 2.45) is 62.4 Å². The number of allylic oxidation sites excluding steroid dienone is 1. The van der Waals surface area contributed by atoms with Crippen LogP contribution in [0.2, 0.25) is 0 Å². The van der Waals surface area contributed by atoms with Gasteiger partial charge in [-0.1, -0.05) is 46.8 Å². The molecule has 3 N–H and O–H groups in total. The van der Waals surface area contributed by atoms with E-state index in [1.54, 1.807) is 0 Å². The van der Waals surface area contributed by atoms with E-state index in [9.17, 15) is 9.90 Å². The summed E-state index contributed by atoms with van der Waals surface area (Å²) in [6.45, 7) is 19.2. The largest absolute Gasteiger partial charge is 0.481 e. The standard InChI is InChI=1S/C30H49NO2/c1-18(2)19-10-15-30(25(32)33)17-16-28(6)20(24(19)30)8-9-22-27(5)13-12-23(31)26(3,4)21(27)11-14-29(22,28)7/h19-24H,1,8-17,31H2,2-7H3,(H,32,33)/t19-,20+,21-,22+,23-,24?,27-,28+,29+,30-/m0/s1. The molecule has 0 aromatic rings. The van der Waals surface area contributed by atoms with Gasteiger partial charge in [0.1, 0.15) is 0 Å². The molecule has 5 aliphatic carbocycles. The van der Waals surface area contributed by atoms with Crippen LogP contribution in [0.5, 0.6) is 0 Å². The van der Waals surface area contributed by atoms with E-state index in [0.29, 0.717) is 29.2 Å². The van der Waals surface area contributed by atoms with Crippen molar-refractivity contribution in [3.8, 4) is 0 Å². The molecule has 0 aliphatic heterocycles. The van der Waals surface area contributed by atoms with Gasteiger partial charge in [-0.3, -0.25) is 4.79 Å². The van der Waals surface area contributed by atoms with Crippen LogP contribution in [0.15, 0.2) is 12.2 Å². The fraction of sp³-hybridized carbons (Fsp3) is 0.900. The van der Waals surface area contributed by atoms with Crippen LogP contribution in [-0.2, 0) is 4.79 Å². The Bertz CT molecular complexity index is 863. The summed E-state index contributed by atoms with van der Waals surface area (Å²) in [5, 5.41) is 10.5. The summed E-state index contributed by atoms with van der Waals surface area (Å²) in [7, 11) is 0. The Morgan fingerprint density at radius 3 is 2.18 bits per heavy atom. The molecule has 0 aromatic heterocycles. The van der Waals surface area contributed by atoms with Crippen LogP contribution in [0.4, 0.5) is 0 Å². The lowest BCUT2D eigenvalue weighted by molar-refractivity contribution is -0.239. The zero-order chi connectivity index (χ0) is 24.2. The average Bonchev–Trinajstić information content (AvgIpc) is 3.13. The number of carbonyl (C=O) groups is 1. The number of carboxylic acid groups (broad SMARTS) is 1. The number of nitrogens with two attached hydrogens (primary N) is 1. The summed E-state index contributed by atoms with van der Waals surface area (Å²) in [6, 6.07) is 0.313. The lowest BCUT2D eigenvalue weighted by Crippen LogP contribution is -2.67. The van der Waals surface area contributed by atoms with Crippen LogP contribution < -0.4 is 5.73 Å². The van der Waals surface area contributed by atoms with Crippen molar-refractivity contribution >= 4 is 5.97 Å². The predicted molar refractivity (Wildman–Crippen MR) is 135 cm³/mol. The number of hydrogen-bond donors (Lipinski definition) is 2. The smallest absolute Gasteiger partial charge is 0.309 e. The third kappa shape index (κ3) is 2.75. The Kier molecular flexibility index (Phi) is 5.15. The van der Waals surface area contributed by atoms with Crippen molar-refractivity contribution in [3.63, 3.8) is 0 Å². The number of aliphatic carboxylic acids is 1. The van der Waals surface area contributed by atoms with Gasteiger partial charge in [0.2, 0.25) is 0 Å². The number of rotatable bonds is 2. The quantitative estimate of drug-likeness (QED) is 0.438. The molecule has 186 valence electrons. The molecule has 0 radical (unpaired) electrons. The molecule has 3 nitrogen and oxygen atoms in total. The molecule has 5 saturated carbocycles. The van der Waals surface area contributed by atoms with Gasteiger partial charge in [-0.2, -0.15) is 0 Å².